The summed E-state index contributed by atoms with van der Waals surface area (Å²) in [5.41, 5.74) is 1.90. The van der Waals surface area contributed by atoms with Gasteiger partial charge in [-0.3, -0.25) is 67.5 Å². The second-order valence-corrected chi connectivity index (χ2v) is 20.9. The molecular weight excluding hydrogens is 1170 g/mol. The molecular formula is C58H78N12O19. The van der Waals surface area contributed by atoms with Crippen LogP contribution < -0.4 is 42.5 Å². The molecule has 1 heterocycles. The molecule has 8 amide bonds. The molecule has 0 aliphatic carbocycles. The molecule has 14 N–H and O–H groups in total. The van der Waals surface area contributed by atoms with E-state index in [9.17, 15) is 87.9 Å². The maximum absolute atomic E-state index is 14.4. The molecule has 0 aromatic heterocycles. The molecule has 4 rings (SSSR count). The van der Waals surface area contributed by atoms with Gasteiger partial charge >= 0.3 is 41.8 Å². The van der Waals surface area contributed by atoms with Crippen LogP contribution in [0.5, 0.6) is 0 Å². The van der Waals surface area contributed by atoms with Gasteiger partial charge in [-0.25, -0.2) is 14.4 Å². The summed E-state index contributed by atoms with van der Waals surface area (Å²) in [4.78, 5) is 171. The molecule has 1 saturated heterocycles. The standard InChI is InChI=1S/C58H78N12O19/c71-46(18-16-41(56(85)86)65-58(89)66-42(57(87)88)17-19-49(74)75)62-43(30-38-10-4-1-5-11-38)53(82)60-21-20-59-47(72)33-61-54(83)44(31-39-12-6-2-7-13-39)64-55(84)45(32-40-14-8-3-9-15-40)63-48(73)34-67-22-24-68(35-50(76)77)26-28-70(37-52(80)81)29-27-69(25-23-67)36-51(78)79/h1-15,41-45H,16-37H2,(H,59,72)(H,60,82)(H,61,83)(H,62,71)(H,63,73)(H,64,84)(H,74,75)(H,76,77)(H,78,79)(H,80,81)(H,85,86)(H,87,88)(H2,65,66,89)/t41?,42?,43-,44-,45-/m0/s1. The number of aliphatic carboxylic acids is 6. The lowest BCUT2D eigenvalue weighted by molar-refractivity contribution is -0.141. The molecule has 1 aliphatic heterocycles. The Kier molecular flexibility index (Phi) is 31.1. The van der Waals surface area contributed by atoms with Crippen molar-refractivity contribution >= 4 is 77.3 Å². The lowest BCUT2D eigenvalue weighted by Crippen LogP contribution is -2.57. The van der Waals surface area contributed by atoms with Crippen molar-refractivity contribution in [3.05, 3.63) is 108 Å². The van der Waals surface area contributed by atoms with Crippen LogP contribution in [-0.4, -0.2) is 256 Å². The smallest absolute Gasteiger partial charge is 0.326 e. The first-order valence-corrected chi connectivity index (χ1v) is 28.5. The van der Waals surface area contributed by atoms with Gasteiger partial charge < -0.3 is 73.2 Å². The minimum Gasteiger partial charge on any atom is -0.481 e. The molecule has 0 saturated carbocycles. The summed E-state index contributed by atoms with van der Waals surface area (Å²) in [6, 6.07) is 17.5. The van der Waals surface area contributed by atoms with Crippen molar-refractivity contribution in [1.29, 1.82) is 0 Å². The van der Waals surface area contributed by atoms with Crippen molar-refractivity contribution in [2.24, 2.45) is 0 Å². The Morgan fingerprint density at radius 3 is 1.09 bits per heavy atom. The summed E-state index contributed by atoms with van der Waals surface area (Å²) in [5.74, 6) is -12.2. The molecule has 31 heteroatoms. The third-order valence-corrected chi connectivity index (χ3v) is 13.8. The van der Waals surface area contributed by atoms with Crippen molar-refractivity contribution in [3.63, 3.8) is 0 Å². The first kappa shape index (κ1) is 71.9. The lowest BCUT2D eigenvalue weighted by Gasteiger charge is -2.33. The van der Waals surface area contributed by atoms with Gasteiger partial charge in [0.05, 0.1) is 32.7 Å². The van der Waals surface area contributed by atoms with Gasteiger partial charge in [0.25, 0.3) is 0 Å². The first-order chi connectivity index (χ1) is 42.4. The molecule has 31 nitrogen and oxygen atoms in total. The summed E-state index contributed by atoms with van der Waals surface area (Å²) < 4.78 is 0. The molecule has 0 spiro atoms. The first-order valence-electron chi connectivity index (χ1n) is 28.5. The van der Waals surface area contributed by atoms with Gasteiger partial charge in [0.2, 0.25) is 35.4 Å². The minimum absolute atomic E-state index is 0.0292. The average Bonchev–Trinajstić information content (AvgIpc) is 3.47. The topological polar surface area (TPSA) is 452 Å². The maximum Gasteiger partial charge on any atom is 0.326 e. The molecule has 484 valence electrons. The fraction of sp³-hybridized carbons (Fsp3) is 0.466. The Labute approximate surface area is 511 Å². The monoisotopic (exact) mass is 1250 g/mol. The number of hydrogen-bond acceptors (Lipinski definition) is 17. The zero-order chi connectivity index (χ0) is 65.3. The van der Waals surface area contributed by atoms with E-state index < -0.39 is 140 Å². The molecule has 5 atom stereocenters. The van der Waals surface area contributed by atoms with Gasteiger partial charge in [-0.1, -0.05) is 91.0 Å². The minimum atomic E-state index is -1.70. The number of carbonyl (C=O) groups excluding carboxylic acids is 7. The van der Waals surface area contributed by atoms with E-state index in [4.69, 9.17) is 5.11 Å². The van der Waals surface area contributed by atoms with Crippen LogP contribution in [-0.2, 0) is 76.8 Å². The van der Waals surface area contributed by atoms with Crippen molar-refractivity contribution in [1.82, 2.24) is 62.1 Å². The van der Waals surface area contributed by atoms with Crippen molar-refractivity contribution < 1.29 is 93.0 Å². The number of amides is 8. The third-order valence-electron chi connectivity index (χ3n) is 13.8. The highest BCUT2D eigenvalue weighted by atomic mass is 16.4. The molecule has 1 aliphatic rings. The average molecular weight is 1250 g/mol. The predicted octanol–water partition coefficient (Wildman–Crippen LogP) is -3.16. The largest absolute Gasteiger partial charge is 0.481 e. The van der Waals surface area contributed by atoms with E-state index in [1.165, 1.54) is 0 Å². The Morgan fingerprint density at radius 1 is 0.348 bits per heavy atom. The lowest BCUT2D eigenvalue weighted by atomic mass is 10.0. The van der Waals surface area contributed by atoms with Gasteiger partial charge in [0.1, 0.15) is 30.2 Å². The van der Waals surface area contributed by atoms with Gasteiger partial charge in [-0.05, 0) is 29.5 Å². The summed E-state index contributed by atoms with van der Waals surface area (Å²) in [5, 5.41) is 76.6. The van der Waals surface area contributed by atoms with E-state index in [1.807, 2.05) is 10.6 Å². The second-order valence-electron chi connectivity index (χ2n) is 20.9. The number of hydrogen-bond donors (Lipinski definition) is 14. The number of benzene rings is 3. The van der Waals surface area contributed by atoms with E-state index in [0.717, 1.165) is 0 Å². The third kappa shape index (κ3) is 29.6. The normalized spacial score (nSPS) is 15.2. The molecule has 89 heavy (non-hydrogen) atoms. The summed E-state index contributed by atoms with van der Waals surface area (Å²) in [6.45, 7) is -1.19. The highest BCUT2D eigenvalue weighted by Gasteiger charge is 2.31. The van der Waals surface area contributed by atoms with E-state index >= 15 is 0 Å². The van der Waals surface area contributed by atoms with Crippen LogP contribution in [0.1, 0.15) is 42.4 Å². The maximum atomic E-state index is 14.4. The van der Waals surface area contributed by atoms with Crippen LogP contribution >= 0.6 is 0 Å². The van der Waals surface area contributed by atoms with Gasteiger partial charge in [-0.15, -0.1) is 0 Å². The Balaban J connectivity index is 1.39. The molecule has 0 bridgehead atoms. The number of nitrogens with one attached hydrogen (secondary N) is 8. The number of nitrogens with zero attached hydrogens (tertiary/aromatic N) is 4. The van der Waals surface area contributed by atoms with Crippen LogP contribution in [0.2, 0.25) is 0 Å². The number of carboxylic acid groups (broad SMARTS) is 6. The van der Waals surface area contributed by atoms with Crippen molar-refractivity contribution in [2.45, 2.75) is 75.2 Å². The fourth-order valence-corrected chi connectivity index (χ4v) is 9.22. The number of carbonyl (C=O) groups is 13. The predicted molar refractivity (Wildman–Crippen MR) is 315 cm³/mol. The highest BCUT2D eigenvalue weighted by molar-refractivity contribution is 5.94. The van der Waals surface area contributed by atoms with Gasteiger partial charge in [0, 0.05) is 97.6 Å². The fourth-order valence-electron chi connectivity index (χ4n) is 9.22. The number of urea groups is 1. The number of carboxylic acids is 6. The molecule has 0 radical (unpaired) electrons. The van der Waals surface area contributed by atoms with E-state index in [1.54, 1.807) is 111 Å². The summed E-state index contributed by atoms with van der Waals surface area (Å²) in [7, 11) is 0. The zero-order valence-electron chi connectivity index (χ0n) is 48.9. The quantitative estimate of drug-likeness (QED) is 0.0259. The molecule has 3 aromatic carbocycles. The van der Waals surface area contributed by atoms with Crippen LogP contribution in [0, 0.1) is 0 Å². The van der Waals surface area contributed by atoms with Crippen molar-refractivity contribution in [3.8, 4) is 0 Å². The Hall–Kier alpha value is -9.59. The zero-order valence-corrected chi connectivity index (χ0v) is 48.9. The molecule has 2 unspecified atom stereocenters. The van der Waals surface area contributed by atoms with Crippen LogP contribution in [0.4, 0.5) is 4.79 Å². The summed E-state index contributed by atoms with van der Waals surface area (Å²) in [6.07, 6.45) is -2.24. The van der Waals surface area contributed by atoms with Crippen LogP contribution in [0.25, 0.3) is 0 Å². The Morgan fingerprint density at radius 2 is 0.697 bits per heavy atom. The van der Waals surface area contributed by atoms with Crippen molar-refractivity contribution in [2.75, 3.05) is 98.2 Å². The van der Waals surface area contributed by atoms with E-state index in [2.05, 4.69) is 31.9 Å². The van der Waals surface area contributed by atoms with Crippen LogP contribution in [0.15, 0.2) is 91.0 Å². The second kappa shape index (κ2) is 38.5. The van der Waals surface area contributed by atoms with E-state index in [-0.39, 0.29) is 111 Å². The number of rotatable bonds is 35. The SMILES string of the molecule is O=C(O)CCC(NC(=O)NC(CCC(=O)N[C@@H](Cc1ccccc1)C(=O)NCCNC(=O)CNC(=O)[C@H](Cc1ccccc1)NC(=O)[C@H](Cc1ccccc1)NC(=O)CN1CCN(CC(=O)O)CCN(CC(=O)O)CCN(CC(=O)O)CC1)C(=O)O)C(=O)O. The van der Waals surface area contributed by atoms with Gasteiger partial charge in [-0.2, -0.15) is 0 Å². The molecule has 1 fully saturated rings. The molecule has 3 aromatic rings. The van der Waals surface area contributed by atoms with Crippen LogP contribution in [0.3, 0.4) is 0 Å². The summed E-state index contributed by atoms with van der Waals surface area (Å²) >= 11 is 0. The van der Waals surface area contributed by atoms with E-state index in [0.29, 0.717) is 16.7 Å². The van der Waals surface area contributed by atoms with Gasteiger partial charge in [0.15, 0.2) is 0 Å². The Bertz CT molecular complexity index is 2840. The highest BCUT2D eigenvalue weighted by Crippen LogP contribution is 2.10.